The number of nitrogens with one attached hydrogen (secondary N) is 2. The summed E-state index contributed by atoms with van der Waals surface area (Å²) in [6.45, 7) is 6.63. The summed E-state index contributed by atoms with van der Waals surface area (Å²) in [5, 5.41) is 5.54. The monoisotopic (exact) mass is 217 g/mol. The van der Waals surface area contributed by atoms with Crippen molar-refractivity contribution in [2.45, 2.75) is 6.92 Å². The van der Waals surface area contributed by atoms with Crippen LogP contribution in [0, 0.1) is 0 Å². The van der Waals surface area contributed by atoms with Crippen molar-refractivity contribution in [1.29, 1.82) is 0 Å². The molecule has 1 saturated heterocycles. The molecule has 2 amide bonds. The van der Waals surface area contributed by atoms with Gasteiger partial charge in [-0.3, -0.25) is 4.90 Å². The first-order valence-corrected chi connectivity index (χ1v) is 6.30. The molecule has 5 heteroatoms. The standard InChI is InChI=1S/C9H19N3OS/c1-2-10-9(13)11-3-4-12-5-7-14-8-6-12/h2-8H2,1H3,(H2,10,11,13). The van der Waals surface area contributed by atoms with Crippen molar-refractivity contribution in [2.24, 2.45) is 0 Å². The number of amides is 2. The van der Waals surface area contributed by atoms with Gasteiger partial charge in [-0.25, -0.2) is 4.79 Å². The molecule has 0 aromatic carbocycles. The normalized spacial score (nSPS) is 17.8. The Kier molecular flexibility index (Phi) is 5.78. The van der Waals surface area contributed by atoms with Crippen LogP contribution in [-0.4, -0.2) is 55.2 Å². The largest absolute Gasteiger partial charge is 0.338 e. The molecule has 0 saturated carbocycles. The van der Waals surface area contributed by atoms with Gasteiger partial charge < -0.3 is 10.6 Å². The van der Waals surface area contributed by atoms with E-state index in [1.165, 1.54) is 11.5 Å². The lowest BCUT2D eigenvalue weighted by Gasteiger charge is -2.25. The van der Waals surface area contributed by atoms with Gasteiger partial charge >= 0.3 is 6.03 Å². The van der Waals surface area contributed by atoms with Gasteiger partial charge in [0.15, 0.2) is 0 Å². The van der Waals surface area contributed by atoms with Crippen LogP contribution in [0.15, 0.2) is 0 Å². The molecule has 14 heavy (non-hydrogen) atoms. The fourth-order valence-electron chi connectivity index (χ4n) is 1.38. The van der Waals surface area contributed by atoms with Crippen LogP contribution in [-0.2, 0) is 0 Å². The summed E-state index contributed by atoms with van der Waals surface area (Å²) in [6.07, 6.45) is 0. The summed E-state index contributed by atoms with van der Waals surface area (Å²) < 4.78 is 0. The van der Waals surface area contributed by atoms with Crippen LogP contribution in [0.1, 0.15) is 6.92 Å². The second kappa shape index (κ2) is 6.95. The molecule has 1 fully saturated rings. The van der Waals surface area contributed by atoms with E-state index in [4.69, 9.17) is 0 Å². The molecule has 2 N–H and O–H groups in total. The number of hydrogen-bond donors (Lipinski definition) is 2. The molecule has 1 rings (SSSR count). The molecule has 1 aliphatic rings. The van der Waals surface area contributed by atoms with Gasteiger partial charge in [0.2, 0.25) is 0 Å². The van der Waals surface area contributed by atoms with E-state index in [0.717, 1.165) is 26.2 Å². The van der Waals surface area contributed by atoms with Crippen LogP contribution in [0.25, 0.3) is 0 Å². The molecule has 0 aliphatic carbocycles. The highest BCUT2D eigenvalue weighted by molar-refractivity contribution is 7.99. The Bertz CT molecular complexity index is 171. The van der Waals surface area contributed by atoms with Crippen LogP contribution in [0.4, 0.5) is 4.79 Å². The fraction of sp³-hybridized carbons (Fsp3) is 0.889. The quantitative estimate of drug-likeness (QED) is 0.714. The lowest BCUT2D eigenvalue weighted by molar-refractivity contribution is 0.237. The zero-order valence-electron chi connectivity index (χ0n) is 8.71. The molecule has 0 bridgehead atoms. The maximum Gasteiger partial charge on any atom is 0.314 e. The van der Waals surface area contributed by atoms with E-state index in [2.05, 4.69) is 15.5 Å². The minimum atomic E-state index is -0.0566. The zero-order valence-corrected chi connectivity index (χ0v) is 9.53. The molecule has 4 nitrogen and oxygen atoms in total. The van der Waals surface area contributed by atoms with Crippen molar-refractivity contribution in [3.05, 3.63) is 0 Å². The molecular weight excluding hydrogens is 198 g/mol. The van der Waals surface area contributed by atoms with Crippen molar-refractivity contribution in [3.63, 3.8) is 0 Å². The zero-order chi connectivity index (χ0) is 10.2. The van der Waals surface area contributed by atoms with Crippen LogP contribution in [0.5, 0.6) is 0 Å². The first-order chi connectivity index (χ1) is 6.83. The number of urea groups is 1. The summed E-state index contributed by atoms with van der Waals surface area (Å²) in [5.41, 5.74) is 0. The lowest BCUT2D eigenvalue weighted by atomic mass is 10.4. The fourth-order valence-corrected chi connectivity index (χ4v) is 2.35. The van der Waals surface area contributed by atoms with Gasteiger partial charge in [-0.2, -0.15) is 11.8 Å². The molecule has 0 aromatic rings. The van der Waals surface area contributed by atoms with E-state index in [1.807, 2.05) is 18.7 Å². The molecule has 0 unspecified atom stereocenters. The average Bonchev–Trinajstić information content (AvgIpc) is 2.20. The highest BCUT2D eigenvalue weighted by Gasteiger charge is 2.09. The third-order valence-corrected chi connectivity index (χ3v) is 3.10. The van der Waals surface area contributed by atoms with Crippen LogP contribution >= 0.6 is 11.8 Å². The number of hydrogen-bond acceptors (Lipinski definition) is 3. The van der Waals surface area contributed by atoms with Gasteiger partial charge in [-0.15, -0.1) is 0 Å². The van der Waals surface area contributed by atoms with Crippen molar-refractivity contribution in [3.8, 4) is 0 Å². The van der Waals surface area contributed by atoms with Gasteiger partial charge in [0, 0.05) is 44.2 Å². The molecule has 1 heterocycles. The van der Waals surface area contributed by atoms with Gasteiger partial charge in [0.25, 0.3) is 0 Å². The minimum absolute atomic E-state index is 0.0566. The number of nitrogens with zero attached hydrogens (tertiary/aromatic N) is 1. The molecule has 0 spiro atoms. The van der Waals surface area contributed by atoms with Crippen molar-refractivity contribution in [1.82, 2.24) is 15.5 Å². The Hall–Kier alpha value is -0.420. The second-order valence-electron chi connectivity index (χ2n) is 3.24. The first kappa shape index (κ1) is 11.7. The SMILES string of the molecule is CCNC(=O)NCCN1CCSCC1. The van der Waals surface area contributed by atoms with Crippen molar-refractivity contribution >= 4 is 17.8 Å². The van der Waals surface area contributed by atoms with Gasteiger partial charge in [0.05, 0.1) is 0 Å². The van der Waals surface area contributed by atoms with E-state index >= 15 is 0 Å². The van der Waals surface area contributed by atoms with Gasteiger partial charge in [-0.05, 0) is 6.92 Å². The Morgan fingerprint density at radius 2 is 2.07 bits per heavy atom. The highest BCUT2D eigenvalue weighted by Crippen LogP contribution is 2.07. The number of thioether (sulfide) groups is 1. The number of carbonyl (C=O) groups excluding carboxylic acids is 1. The van der Waals surface area contributed by atoms with Gasteiger partial charge in [0.1, 0.15) is 0 Å². The third kappa shape index (κ3) is 4.72. The smallest absolute Gasteiger partial charge is 0.314 e. The lowest BCUT2D eigenvalue weighted by Crippen LogP contribution is -2.42. The Morgan fingerprint density at radius 3 is 2.71 bits per heavy atom. The number of rotatable bonds is 4. The van der Waals surface area contributed by atoms with Gasteiger partial charge in [-0.1, -0.05) is 0 Å². The summed E-state index contributed by atoms with van der Waals surface area (Å²) in [4.78, 5) is 13.4. The summed E-state index contributed by atoms with van der Waals surface area (Å²) >= 11 is 2.01. The maximum atomic E-state index is 11.0. The van der Waals surface area contributed by atoms with E-state index in [-0.39, 0.29) is 6.03 Å². The van der Waals surface area contributed by atoms with Crippen LogP contribution in [0.3, 0.4) is 0 Å². The topological polar surface area (TPSA) is 44.4 Å². The summed E-state index contributed by atoms with van der Waals surface area (Å²) in [5.74, 6) is 2.45. The summed E-state index contributed by atoms with van der Waals surface area (Å²) in [6, 6.07) is -0.0566. The molecular formula is C9H19N3OS. The molecule has 0 aromatic heterocycles. The van der Waals surface area contributed by atoms with E-state index in [9.17, 15) is 4.79 Å². The number of carbonyl (C=O) groups is 1. The van der Waals surface area contributed by atoms with E-state index < -0.39 is 0 Å². The van der Waals surface area contributed by atoms with Crippen LogP contribution in [0.2, 0.25) is 0 Å². The van der Waals surface area contributed by atoms with Crippen LogP contribution < -0.4 is 10.6 Å². The average molecular weight is 217 g/mol. The van der Waals surface area contributed by atoms with E-state index in [1.54, 1.807) is 0 Å². The molecule has 0 atom stereocenters. The third-order valence-electron chi connectivity index (χ3n) is 2.15. The minimum Gasteiger partial charge on any atom is -0.338 e. The molecule has 0 radical (unpaired) electrons. The van der Waals surface area contributed by atoms with E-state index in [0.29, 0.717) is 6.54 Å². The summed E-state index contributed by atoms with van der Waals surface area (Å²) in [7, 11) is 0. The predicted octanol–water partition coefficient (Wildman–Crippen LogP) is 0.354. The Morgan fingerprint density at radius 1 is 1.36 bits per heavy atom. The predicted molar refractivity (Wildman–Crippen MR) is 60.8 cm³/mol. The Labute approximate surface area is 89.8 Å². The van der Waals surface area contributed by atoms with Crippen molar-refractivity contribution in [2.75, 3.05) is 44.2 Å². The molecule has 1 aliphatic heterocycles. The second-order valence-corrected chi connectivity index (χ2v) is 4.46. The first-order valence-electron chi connectivity index (χ1n) is 5.14. The van der Waals surface area contributed by atoms with Crippen molar-refractivity contribution < 1.29 is 4.79 Å². The maximum absolute atomic E-state index is 11.0. The Balaban J connectivity index is 1.99. The highest BCUT2D eigenvalue weighted by atomic mass is 32.2. The molecule has 82 valence electrons.